The lowest BCUT2D eigenvalue weighted by molar-refractivity contribution is 0.0894. The molecule has 1 amide bonds. The molecule has 0 unspecified atom stereocenters. The predicted octanol–water partition coefficient (Wildman–Crippen LogP) is 3.58. The summed E-state index contributed by atoms with van der Waals surface area (Å²) in [4.78, 5) is 30.1. The van der Waals surface area contributed by atoms with Gasteiger partial charge in [0.25, 0.3) is 5.91 Å². The van der Waals surface area contributed by atoms with Gasteiger partial charge in [0.05, 0.1) is 6.33 Å². The van der Waals surface area contributed by atoms with E-state index in [0.717, 1.165) is 35.1 Å². The van der Waals surface area contributed by atoms with Crippen LogP contribution in [0.2, 0.25) is 0 Å². The SMILES string of the molecule is Cc1ccc(C(=O)NC2CC(n3cnc4c(NCc5cccnc5)ncnc43)C2)cc1C. The van der Waals surface area contributed by atoms with Crippen molar-refractivity contribution in [2.75, 3.05) is 5.32 Å². The van der Waals surface area contributed by atoms with E-state index in [9.17, 15) is 4.79 Å². The van der Waals surface area contributed by atoms with Crippen LogP contribution in [0.3, 0.4) is 0 Å². The van der Waals surface area contributed by atoms with Crippen molar-refractivity contribution in [3.8, 4) is 0 Å². The Morgan fingerprint density at radius 3 is 2.78 bits per heavy atom. The number of nitrogens with zero attached hydrogens (tertiary/aromatic N) is 5. The highest BCUT2D eigenvalue weighted by molar-refractivity contribution is 5.94. The van der Waals surface area contributed by atoms with Crippen LogP contribution in [0.1, 0.15) is 45.9 Å². The van der Waals surface area contributed by atoms with Gasteiger partial charge in [-0.05, 0) is 61.6 Å². The second kappa shape index (κ2) is 8.37. The van der Waals surface area contributed by atoms with Crippen molar-refractivity contribution in [1.82, 2.24) is 29.8 Å². The van der Waals surface area contributed by atoms with Crippen molar-refractivity contribution >= 4 is 22.9 Å². The number of anilines is 1. The van der Waals surface area contributed by atoms with E-state index >= 15 is 0 Å². The number of amides is 1. The van der Waals surface area contributed by atoms with Crippen LogP contribution in [-0.4, -0.2) is 36.5 Å². The second-order valence-corrected chi connectivity index (χ2v) is 8.36. The minimum atomic E-state index is -0.0174. The van der Waals surface area contributed by atoms with Crippen LogP contribution in [0.5, 0.6) is 0 Å². The molecule has 1 aliphatic carbocycles. The molecule has 8 nitrogen and oxygen atoms in total. The minimum Gasteiger partial charge on any atom is -0.364 e. The van der Waals surface area contributed by atoms with Gasteiger partial charge in [-0.2, -0.15) is 0 Å². The quantitative estimate of drug-likeness (QED) is 0.488. The normalized spacial score (nSPS) is 17.7. The Balaban J connectivity index is 1.23. The number of hydrogen-bond donors (Lipinski definition) is 2. The molecule has 3 heterocycles. The Kier molecular flexibility index (Phi) is 5.26. The van der Waals surface area contributed by atoms with Gasteiger partial charge < -0.3 is 15.2 Å². The van der Waals surface area contributed by atoms with Crippen molar-refractivity contribution in [3.05, 3.63) is 77.6 Å². The van der Waals surface area contributed by atoms with Crippen LogP contribution in [0.4, 0.5) is 5.82 Å². The van der Waals surface area contributed by atoms with E-state index in [2.05, 4.69) is 35.1 Å². The summed E-state index contributed by atoms with van der Waals surface area (Å²) in [5.41, 5.74) is 5.65. The van der Waals surface area contributed by atoms with Gasteiger partial charge in [-0.25, -0.2) is 15.0 Å². The standard InChI is InChI=1S/C24H25N7O/c1-15-5-6-18(8-16(15)2)24(32)30-19-9-20(10-19)31-14-29-21-22(27-13-28-23(21)31)26-12-17-4-3-7-25-11-17/h3-8,11,13-14,19-20H,9-10,12H2,1-2H3,(H,30,32)(H,26,27,28). The Morgan fingerprint density at radius 2 is 2.00 bits per heavy atom. The Labute approximate surface area is 186 Å². The number of hydrogen-bond acceptors (Lipinski definition) is 6. The lowest BCUT2D eigenvalue weighted by Crippen LogP contribution is -2.45. The maximum absolute atomic E-state index is 12.6. The van der Waals surface area contributed by atoms with Gasteiger partial charge >= 0.3 is 0 Å². The van der Waals surface area contributed by atoms with Gasteiger partial charge in [-0.3, -0.25) is 9.78 Å². The molecule has 5 rings (SSSR count). The first-order valence-electron chi connectivity index (χ1n) is 10.8. The number of aryl methyl sites for hydroxylation is 2. The maximum atomic E-state index is 12.6. The van der Waals surface area contributed by atoms with E-state index in [4.69, 9.17) is 0 Å². The zero-order chi connectivity index (χ0) is 22.1. The molecule has 0 atom stereocenters. The molecule has 1 aromatic carbocycles. The van der Waals surface area contributed by atoms with Crippen LogP contribution in [0.25, 0.3) is 11.2 Å². The highest BCUT2D eigenvalue weighted by Gasteiger charge is 2.33. The first kappa shape index (κ1) is 20.1. The maximum Gasteiger partial charge on any atom is 0.251 e. The van der Waals surface area contributed by atoms with Gasteiger partial charge in [0.15, 0.2) is 11.5 Å². The fraction of sp³-hybridized carbons (Fsp3) is 0.292. The molecule has 32 heavy (non-hydrogen) atoms. The average molecular weight is 428 g/mol. The number of aromatic nitrogens is 5. The molecule has 0 aliphatic heterocycles. The van der Waals surface area contributed by atoms with Crippen LogP contribution in [-0.2, 0) is 6.54 Å². The molecule has 8 heteroatoms. The Bertz CT molecular complexity index is 1260. The van der Waals surface area contributed by atoms with Crippen molar-refractivity contribution in [2.24, 2.45) is 0 Å². The molecule has 2 N–H and O–H groups in total. The molecule has 3 aromatic heterocycles. The fourth-order valence-electron chi connectivity index (χ4n) is 4.02. The minimum absolute atomic E-state index is 0.0174. The van der Waals surface area contributed by atoms with E-state index in [1.54, 1.807) is 12.5 Å². The number of rotatable bonds is 6. The molecule has 1 fully saturated rings. The molecule has 0 bridgehead atoms. The van der Waals surface area contributed by atoms with Gasteiger partial charge in [0, 0.05) is 36.6 Å². The smallest absolute Gasteiger partial charge is 0.251 e. The van der Waals surface area contributed by atoms with E-state index < -0.39 is 0 Å². The lowest BCUT2D eigenvalue weighted by Gasteiger charge is -2.36. The summed E-state index contributed by atoms with van der Waals surface area (Å²) in [7, 11) is 0. The number of fused-ring (bicyclic) bond motifs is 1. The fourth-order valence-corrected chi connectivity index (χ4v) is 4.02. The molecule has 0 radical (unpaired) electrons. The molecule has 4 aromatic rings. The molecule has 162 valence electrons. The van der Waals surface area contributed by atoms with E-state index in [1.165, 1.54) is 5.56 Å². The number of benzene rings is 1. The van der Waals surface area contributed by atoms with E-state index in [0.29, 0.717) is 17.9 Å². The van der Waals surface area contributed by atoms with Crippen molar-refractivity contribution in [1.29, 1.82) is 0 Å². The summed E-state index contributed by atoms with van der Waals surface area (Å²) in [5.74, 6) is 0.688. The Hall–Kier alpha value is -3.81. The highest BCUT2D eigenvalue weighted by atomic mass is 16.1. The molecule has 1 aliphatic rings. The summed E-state index contributed by atoms with van der Waals surface area (Å²) < 4.78 is 2.09. The third-order valence-electron chi connectivity index (χ3n) is 6.15. The average Bonchev–Trinajstić information content (AvgIpc) is 3.21. The van der Waals surface area contributed by atoms with Crippen molar-refractivity contribution in [2.45, 2.75) is 45.3 Å². The molecule has 0 saturated heterocycles. The number of imidazole rings is 1. The third-order valence-corrected chi connectivity index (χ3v) is 6.15. The van der Waals surface area contributed by atoms with E-state index in [1.807, 2.05) is 56.7 Å². The zero-order valence-corrected chi connectivity index (χ0v) is 18.1. The number of carbonyl (C=O) groups excluding carboxylic acids is 1. The molecule has 1 saturated carbocycles. The largest absolute Gasteiger partial charge is 0.364 e. The topological polar surface area (TPSA) is 97.6 Å². The van der Waals surface area contributed by atoms with Crippen LogP contribution in [0, 0.1) is 13.8 Å². The third kappa shape index (κ3) is 3.91. The number of pyridine rings is 1. The van der Waals surface area contributed by atoms with Crippen LogP contribution >= 0.6 is 0 Å². The van der Waals surface area contributed by atoms with Crippen LogP contribution in [0.15, 0.2) is 55.4 Å². The summed E-state index contributed by atoms with van der Waals surface area (Å²) >= 11 is 0. The van der Waals surface area contributed by atoms with E-state index in [-0.39, 0.29) is 18.0 Å². The summed E-state index contributed by atoms with van der Waals surface area (Å²) in [6.45, 7) is 4.69. The van der Waals surface area contributed by atoms with Gasteiger partial charge in [0.1, 0.15) is 11.8 Å². The van der Waals surface area contributed by atoms with Crippen molar-refractivity contribution < 1.29 is 4.79 Å². The molecular formula is C24H25N7O. The van der Waals surface area contributed by atoms with Gasteiger partial charge in [-0.15, -0.1) is 0 Å². The molecule has 0 spiro atoms. The predicted molar refractivity (Wildman–Crippen MR) is 122 cm³/mol. The number of nitrogens with one attached hydrogen (secondary N) is 2. The number of carbonyl (C=O) groups is 1. The van der Waals surface area contributed by atoms with Gasteiger partial charge in [0.2, 0.25) is 0 Å². The first-order valence-corrected chi connectivity index (χ1v) is 10.8. The summed E-state index contributed by atoms with van der Waals surface area (Å²) in [5, 5.41) is 6.48. The highest BCUT2D eigenvalue weighted by Crippen LogP contribution is 2.35. The summed E-state index contributed by atoms with van der Waals surface area (Å²) in [6.07, 6.45) is 8.66. The zero-order valence-electron chi connectivity index (χ0n) is 18.1. The monoisotopic (exact) mass is 427 g/mol. The Morgan fingerprint density at radius 1 is 1.12 bits per heavy atom. The lowest BCUT2D eigenvalue weighted by atomic mass is 9.86. The van der Waals surface area contributed by atoms with Gasteiger partial charge in [-0.1, -0.05) is 12.1 Å². The summed E-state index contributed by atoms with van der Waals surface area (Å²) in [6, 6.07) is 10.1. The molecular weight excluding hydrogens is 402 g/mol. The second-order valence-electron chi connectivity index (χ2n) is 8.36. The van der Waals surface area contributed by atoms with Crippen LogP contribution < -0.4 is 10.6 Å². The first-order chi connectivity index (χ1) is 15.6. The van der Waals surface area contributed by atoms with Crippen molar-refractivity contribution in [3.63, 3.8) is 0 Å².